The Balaban J connectivity index is 2.50. The highest BCUT2D eigenvalue weighted by Crippen LogP contribution is 2.20. The van der Waals surface area contributed by atoms with Gasteiger partial charge in [0, 0.05) is 21.0 Å². The molecule has 0 bridgehead atoms. The SMILES string of the molecule is CC(CS(=O)CC(=O)Nc1ccccc1Br)C(=O)O. The molecule has 0 aliphatic heterocycles. The van der Waals surface area contributed by atoms with Gasteiger partial charge in [-0.3, -0.25) is 13.8 Å². The van der Waals surface area contributed by atoms with Crippen molar-refractivity contribution in [3.63, 3.8) is 0 Å². The van der Waals surface area contributed by atoms with Gasteiger partial charge in [0.05, 0.1) is 11.6 Å². The number of carboxylic acid groups (broad SMARTS) is 1. The van der Waals surface area contributed by atoms with Crippen molar-refractivity contribution >= 4 is 44.3 Å². The van der Waals surface area contributed by atoms with Gasteiger partial charge in [-0.05, 0) is 28.1 Å². The highest BCUT2D eigenvalue weighted by Gasteiger charge is 2.17. The summed E-state index contributed by atoms with van der Waals surface area (Å²) in [6.07, 6.45) is 0. The summed E-state index contributed by atoms with van der Waals surface area (Å²) in [5, 5.41) is 11.3. The third-order valence-electron chi connectivity index (χ3n) is 2.30. The van der Waals surface area contributed by atoms with Crippen molar-refractivity contribution in [2.75, 3.05) is 16.8 Å². The van der Waals surface area contributed by atoms with E-state index in [-0.39, 0.29) is 11.5 Å². The zero-order valence-corrected chi connectivity index (χ0v) is 12.7. The third-order valence-corrected chi connectivity index (χ3v) is 4.44. The molecular weight excluding hydrogens is 334 g/mol. The van der Waals surface area contributed by atoms with E-state index in [0.717, 1.165) is 4.47 Å². The van der Waals surface area contributed by atoms with Gasteiger partial charge in [-0.15, -0.1) is 0 Å². The largest absolute Gasteiger partial charge is 0.481 e. The average Bonchev–Trinajstić information content (AvgIpc) is 2.31. The Morgan fingerprint density at radius 3 is 2.63 bits per heavy atom. The van der Waals surface area contributed by atoms with Crippen molar-refractivity contribution < 1.29 is 18.9 Å². The molecule has 0 heterocycles. The summed E-state index contributed by atoms with van der Waals surface area (Å²) in [7, 11) is -1.49. The fourth-order valence-corrected chi connectivity index (χ4v) is 2.87. The van der Waals surface area contributed by atoms with Gasteiger partial charge in [0.15, 0.2) is 0 Å². The summed E-state index contributed by atoms with van der Waals surface area (Å²) < 4.78 is 12.3. The average molecular weight is 348 g/mol. The number of hydrogen-bond donors (Lipinski definition) is 2. The lowest BCUT2D eigenvalue weighted by Gasteiger charge is -2.08. The zero-order chi connectivity index (χ0) is 14.4. The topological polar surface area (TPSA) is 83.5 Å². The van der Waals surface area contributed by atoms with Crippen molar-refractivity contribution in [3.05, 3.63) is 28.7 Å². The van der Waals surface area contributed by atoms with Crippen LogP contribution in [-0.4, -0.2) is 32.7 Å². The fraction of sp³-hybridized carbons (Fsp3) is 0.333. The number of para-hydroxylation sites is 1. The van der Waals surface area contributed by atoms with Crippen LogP contribution in [0.15, 0.2) is 28.7 Å². The molecule has 0 aliphatic carbocycles. The Morgan fingerprint density at radius 1 is 1.42 bits per heavy atom. The lowest BCUT2D eigenvalue weighted by molar-refractivity contribution is -0.140. The van der Waals surface area contributed by atoms with Crippen LogP contribution in [0.4, 0.5) is 5.69 Å². The number of rotatable bonds is 6. The predicted molar refractivity (Wildman–Crippen MR) is 77.4 cm³/mol. The second kappa shape index (κ2) is 7.40. The van der Waals surface area contributed by atoms with Crippen molar-refractivity contribution in [2.24, 2.45) is 5.92 Å². The molecule has 0 fully saturated rings. The number of amides is 1. The minimum atomic E-state index is -1.49. The molecule has 0 aliphatic rings. The van der Waals surface area contributed by atoms with Crippen LogP contribution in [0, 0.1) is 5.92 Å². The summed E-state index contributed by atoms with van der Waals surface area (Å²) in [6, 6.07) is 7.07. The molecule has 2 atom stereocenters. The Labute approximate surface area is 122 Å². The molecule has 19 heavy (non-hydrogen) atoms. The lowest BCUT2D eigenvalue weighted by Crippen LogP contribution is -2.25. The van der Waals surface area contributed by atoms with Gasteiger partial charge < -0.3 is 10.4 Å². The molecule has 2 N–H and O–H groups in total. The van der Waals surface area contributed by atoms with E-state index in [0.29, 0.717) is 5.69 Å². The van der Waals surface area contributed by atoms with Gasteiger partial charge in [-0.25, -0.2) is 0 Å². The second-order valence-corrected chi connectivity index (χ2v) is 6.37. The third kappa shape index (κ3) is 5.52. The van der Waals surface area contributed by atoms with E-state index in [1.807, 2.05) is 6.07 Å². The Morgan fingerprint density at radius 2 is 2.05 bits per heavy atom. The maximum Gasteiger partial charge on any atom is 0.307 e. The van der Waals surface area contributed by atoms with E-state index in [1.165, 1.54) is 6.92 Å². The standard InChI is InChI=1S/C12H14BrNO4S/c1-8(12(16)17)6-19(18)7-11(15)14-10-5-3-2-4-9(10)13/h2-5,8H,6-7H2,1H3,(H,14,15)(H,16,17). The molecule has 0 saturated carbocycles. The summed E-state index contributed by atoms with van der Waals surface area (Å²) in [4.78, 5) is 22.3. The van der Waals surface area contributed by atoms with Gasteiger partial charge in [0.2, 0.25) is 5.91 Å². The number of carbonyl (C=O) groups is 2. The fourth-order valence-electron chi connectivity index (χ4n) is 1.30. The summed E-state index contributed by atoms with van der Waals surface area (Å²) >= 11 is 3.28. The van der Waals surface area contributed by atoms with E-state index in [1.54, 1.807) is 18.2 Å². The Hall–Kier alpha value is -1.21. The van der Waals surface area contributed by atoms with Crippen LogP contribution >= 0.6 is 15.9 Å². The molecule has 104 valence electrons. The van der Waals surface area contributed by atoms with E-state index in [2.05, 4.69) is 21.2 Å². The molecule has 1 aromatic carbocycles. The number of nitrogens with one attached hydrogen (secondary N) is 1. The van der Waals surface area contributed by atoms with Gasteiger partial charge in [0.25, 0.3) is 0 Å². The molecule has 1 rings (SSSR count). The quantitative estimate of drug-likeness (QED) is 0.822. The van der Waals surface area contributed by atoms with Gasteiger partial charge >= 0.3 is 5.97 Å². The molecular formula is C12H14BrNO4S. The van der Waals surface area contributed by atoms with Gasteiger partial charge in [0.1, 0.15) is 5.75 Å². The molecule has 0 radical (unpaired) electrons. The van der Waals surface area contributed by atoms with E-state index >= 15 is 0 Å². The zero-order valence-electron chi connectivity index (χ0n) is 10.3. The van der Waals surface area contributed by atoms with Crippen LogP contribution in [0.1, 0.15) is 6.92 Å². The first-order valence-corrected chi connectivity index (χ1v) is 7.80. The van der Waals surface area contributed by atoms with Crippen molar-refractivity contribution in [2.45, 2.75) is 6.92 Å². The number of hydrogen-bond acceptors (Lipinski definition) is 3. The molecule has 0 spiro atoms. The Bertz CT molecular complexity index is 506. The maximum absolute atomic E-state index is 11.7. The number of carboxylic acids is 1. The van der Waals surface area contributed by atoms with Gasteiger partial charge in [-0.1, -0.05) is 19.1 Å². The molecule has 5 nitrogen and oxygen atoms in total. The summed E-state index contributed by atoms with van der Waals surface area (Å²) in [5.41, 5.74) is 0.593. The normalized spacial score (nSPS) is 13.6. The van der Waals surface area contributed by atoms with E-state index < -0.39 is 28.6 Å². The second-order valence-electron chi connectivity index (χ2n) is 4.02. The van der Waals surface area contributed by atoms with Crippen LogP contribution in [-0.2, 0) is 20.4 Å². The van der Waals surface area contributed by atoms with Crippen LogP contribution in [0.25, 0.3) is 0 Å². The number of anilines is 1. The lowest BCUT2D eigenvalue weighted by atomic mass is 10.2. The van der Waals surface area contributed by atoms with Crippen LogP contribution < -0.4 is 5.32 Å². The first-order chi connectivity index (χ1) is 8.90. The number of aliphatic carboxylic acids is 1. The summed E-state index contributed by atoms with van der Waals surface area (Å²) in [5.74, 6) is -2.38. The smallest absolute Gasteiger partial charge is 0.307 e. The minimum absolute atomic E-state index is 0.0291. The maximum atomic E-state index is 11.7. The molecule has 1 aromatic rings. The first-order valence-electron chi connectivity index (χ1n) is 5.52. The molecule has 0 saturated heterocycles. The molecule has 0 aromatic heterocycles. The van der Waals surface area contributed by atoms with Gasteiger partial charge in [-0.2, -0.15) is 0 Å². The van der Waals surface area contributed by atoms with Crippen LogP contribution in [0.3, 0.4) is 0 Å². The first kappa shape index (κ1) is 15.8. The van der Waals surface area contributed by atoms with Crippen molar-refractivity contribution in [1.82, 2.24) is 0 Å². The van der Waals surface area contributed by atoms with Crippen LogP contribution in [0.2, 0.25) is 0 Å². The number of benzene rings is 1. The van der Waals surface area contributed by atoms with Crippen molar-refractivity contribution in [3.8, 4) is 0 Å². The van der Waals surface area contributed by atoms with E-state index in [9.17, 15) is 13.8 Å². The summed E-state index contributed by atoms with van der Waals surface area (Å²) in [6.45, 7) is 1.46. The predicted octanol–water partition coefficient (Wildman–Crippen LogP) is 1.86. The molecule has 2 unspecified atom stereocenters. The Kier molecular flexibility index (Phi) is 6.17. The number of carbonyl (C=O) groups excluding carboxylic acids is 1. The highest BCUT2D eigenvalue weighted by molar-refractivity contribution is 9.10. The van der Waals surface area contributed by atoms with Crippen LogP contribution in [0.5, 0.6) is 0 Å². The molecule has 1 amide bonds. The van der Waals surface area contributed by atoms with E-state index in [4.69, 9.17) is 5.11 Å². The highest BCUT2D eigenvalue weighted by atomic mass is 79.9. The molecule has 7 heteroatoms. The van der Waals surface area contributed by atoms with Crippen molar-refractivity contribution in [1.29, 1.82) is 0 Å². The number of halogens is 1. The monoisotopic (exact) mass is 347 g/mol. The minimum Gasteiger partial charge on any atom is -0.481 e.